The van der Waals surface area contributed by atoms with Gasteiger partial charge in [-0.1, -0.05) is 24.4 Å². The molecular formula is C5H10N2S. The number of thioether (sulfide) groups is 1. The lowest BCUT2D eigenvalue weighted by atomic mass is 10.8. The minimum atomic E-state index is 0.753. The van der Waals surface area contributed by atoms with Crippen molar-refractivity contribution in [3.05, 3.63) is 23.1 Å². The fraction of sp³-hybridized carbons (Fsp3) is 0.200. The van der Waals surface area contributed by atoms with Gasteiger partial charge in [0, 0.05) is 0 Å². The van der Waals surface area contributed by atoms with E-state index in [4.69, 9.17) is 5.84 Å². The van der Waals surface area contributed by atoms with Crippen molar-refractivity contribution in [2.75, 3.05) is 0 Å². The summed E-state index contributed by atoms with van der Waals surface area (Å²) in [7, 11) is 0. The number of nitrogens with two attached hydrogens (primary N) is 1. The van der Waals surface area contributed by atoms with Crippen LogP contribution in [0.2, 0.25) is 0 Å². The van der Waals surface area contributed by atoms with Crippen molar-refractivity contribution in [2.24, 2.45) is 5.84 Å². The highest BCUT2D eigenvalue weighted by molar-refractivity contribution is 8.05. The normalized spacial score (nSPS) is 9.75. The predicted octanol–water partition coefficient (Wildman–Crippen LogP) is 1.19. The van der Waals surface area contributed by atoms with E-state index in [0.29, 0.717) is 0 Å². The van der Waals surface area contributed by atoms with E-state index in [2.05, 4.69) is 12.0 Å². The summed E-state index contributed by atoms with van der Waals surface area (Å²) in [4.78, 5) is 0. The molecule has 0 aromatic rings. The highest BCUT2D eigenvalue weighted by atomic mass is 32.2. The molecular weight excluding hydrogens is 120 g/mol. The van der Waals surface area contributed by atoms with Gasteiger partial charge in [0.2, 0.25) is 0 Å². The minimum Gasteiger partial charge on any atom is -0.319 e. The molecule has 46 valence electrons. The SMILES string of the molecule is C=C(NN)S/C=C\C. The van der Waals surface area contributed by atoms with Crippen LogP contribution in [0.25, 0.3) is 0 Å². The topological polar surface area (TPSA) is 38.0 Å². The second kappa shape index (κ2) is 4.74. The molecule has 0 bridgehead atoms. The van der Waals surface area contributed by atoms with Gasteiger partial charge >= 0.3 is 0 Å². The minimum absolute atomic E-state index is 0.753. The van der Waals surface area contributed by atoms with Crippen molar-refractivity contribution < 1.29 is 0 Å². The van der Waals surface area contributed by atoms with Crippen molar-refractivity contribution >= 4 is 11.8 Å². The summed E-state index contributed by atoms with van der Waals surface area (Å²) in [5.41, 5.74) is 2.42. The Balaban J connectivity index is 3.25. The van der Waals surface area contributed by atoms with Crippen LogP contribution in [0.4, 0.5) is 0 Å². The molecule has 0 amide bonds. The molecule has 0 atom stereocenters. The highest BCUT2D eigenvalue weighted by Crippen LogP contribution is 2.08. The maximum Gasteiger partial charge on any atom is 0.0791 e. The quantitative estimate of drug-likeness (QED) is 0.445. The Morgan fingerprint density at radius 2 is 2.50 bits per heavy atom. The Hall–Kier alpha value is -0.410. The van der Waals surface area contributed by atoms with Gasteiger partial charge in [-0.2, -0.15) is 0 Å². The van der Waals surface area contributed by atoms with Crippen LogP contribution in [0.15, 0.2) is 23.1 Å². The van der Waals surface area contributed by atoms with Crippen molar-refractivity contribution in [1.82, 2.24) is 5.43 Å². The van der Waals surface area contributed by atoms with Crippen LogP contribution < -0.4 is 11.3 Å². The lowest BCUT2D eigenvalue weighted by Gasteiger charge is -1.95. The Morgan fingerprint density at radius 1 is 1.88 bits per heavy atom. The summed E-state index contributed by atoms with van der Waals surface area (Å²) < 4.78 is 0. The second-order valence-corrected chi connectivity index (χ2v) is 2.16. The standard InChI is InChI=1S/C5H10N2S/c1-3-4-8-5(2)7-6/h3-4,7H,2,6H2,1H3/b4-3-. The van der Waals surface area contributed by atoms with E-state index in [9.17, 15) is 0 Å². The molecule has 8 heavy (non-hydrogen) atoms. The van der Waals surface area contributed by atoms with Crippen molar-refractivity contribution in [2.45, 2.75) is 6.92 Å². The Bertz CT molecular complexity index is 98.6. The zero-order valence-electron chi connectivity index (χ0n) is 4.85. The third kappa shape index (κ3) is 3.77. The Morgan fingerprint density at radius 3 is 2.88 bits per heavy atom. The molecule has 0 saturated heterocycles. The molecule has 2 nitrogen and oxygen atoms in total. The summed E-state index contributed by atoms with van der Waals surface area (Å²) in [6, 6.07) is 0. The second-order valence-electron chi connectivity index (χ2n) is 1.15. The number of allylic oxidation sites excluding steroid dienone is 1. The molecule has 0 fully saturated rings. The first kappa shape index (κ1) is 7.59. The molecule has 0 rings (SSSR count). The van der Waals surface area contributed by atoms with Gasteiger partial charge in [-0.05, 0) is 12.3 Å². The maximum absolute atomic E-state index is 5.01. The zero-order valence-corrected chi connectivity index (χ0v) is 5.66. The van der Waals surface area contributed by atoms with Gasteiger partial charge < -0.3 is 5.43 Å². The third-order valence-corrected chi connectivity index (χ3v) is 1.32. The van der Waals surface area contributed by atoms with Crippen LogP contribution in [-0.2, 0) is 0 Å². The van der Waals surface area contributed by atoms with Crippen LogP contribution in [0.3, 0.4) is 0 Å². The van der Waals surface area contributed by atoms with Crippen LogP contribution in [0.5, 0.6) is 0 Å². The molecule has 0 spiro atoms. The molecule has 3 N–H and O–H groups in total. The summed E-state index contributed by atoms with van der Waals surface area (Å²) in [6.45, 7) is 5.53. The van der Waals surface area contributed by atoms with Crippen molar-refractivity contribution in [3.8, 4) is 0 Å². The van der Waals surface area contributed by atoms with E-state index in [1.807, 2.05) is 18.4 Å². The first-order valence-corrected chi connectivity index (χ1v) is 3.12. The van der Waals surface area contributed by atoms with Crippen molar-refractivity contribution in [3.63, 3.8) is 0 Å². The number of hydrogen-bond acceptors (Lipinski definition) is 3. The number of rotatable bonds is 3. The van der Waals surface area contributed by atoms with Crippen LogP contribution in [-0.4, -0.2) is 0 Å². The van der Waals surface area contributed by atoms with Crippen LogP contribution in [0, 0.1) is 0 Å². The lowest BCUT2D eigenvalue weighted by Crippen LogP contribution is -2.17. The lowest BCUT2D eigenvalue weighted by molar-refractivity contribution is 0.955. The van der Waals surface area contributed by atoms with Gasteiger partial charge in [-0.25, -0.2) is 0 Å². The number of hydrazine groups is 1. The van der Waals surface area contributed by atoms with E-state index < -0.39 is 0 Å². The van der Waals surface area contributed by atoms with E-state index >= 15 is 0 Å². The fourth-order valence-corrected chi connectivity index (χ4v) is 0.553. The smallest absolute Gasteiger partial charge is 0.0791 e. The molecule has 0 radical (unpaired) electrons. The fourth-order valence-electron chi connectivity index (χ4n) is 0.184. The molecule has 0 unspecified atom stereocenters. The van der Waals surface area contributed by atoms with Gasteiger partial charge in [-0.15, -0.1) is 0 Å². The van der Waals surface area contributed by atoms with Crippen molar-refractivity contribution in [1.29, 1.82) is 0 Å². The van der Waals surface area contributed by atoms with Gasteiger partial charge in [0.15, 0.2) is 0 Å². The predicted molar refractivity (Wildman–Crippen MR) is 38.9 cm³/mol. The van der Waals surface area contributed by atoms with E-state index in [-0.39, 0.29) is 0 Å². The average Bonchev–Trinajstić information content (AvgIpc) is 1.83. The number of nitrogens with one attached hydrogen (secondary N) is 1. The summed E-state index contributed by atoms with van der Waals surface area (Å²) >= 11 is 1.47. The number of hydrogen-bond donors (Lipinski definition) is 2. The molecule has 3 heteroatoms. The van der Waals surface area contributed by atoms with Gasteiger partial charge in [0.25, 0.3) is 0 Å². The molecule has 0 aromatic carbocycles. The zero-order chi connectivity index (χ0) is 6.41. The molecule has 0 saturated carbocycles. The molecule has 0 aliphatic carbocycles. The maximum atomic E-state index is 5.01. The first-order chi connectivity index (χ1) is 3.81. The summed E-state index contributed by atoms with van der Waals surface area (Å²) in [6.07, 6.45) is 1.92. The molecule has 0 aliphatic rings. The van der Waals surface area contributed by atoms with E-state index in [0.717, 1.165) is 5.03 Å². The first-order valence-electron chi connectivity index (χ1n) is 2.24. The third-order valence-electron chi connectivity index (χ3n) is 0.507. The van der Waals surface area contributed by atoms with E-state index in [1.165, 1.54) is 11.8 Å². The molecule has 0 aromatic heterocycles. The highest BCUT2D eigenvalue weighted by Gasteiger charge is 1.80. The van der Waals surface area contributed by atoms with Gasteiger partial charge in [0.1, 0.15) is 0 Å². The van der Waals surface area contributed by atoms with Gasteiger partial charge in [0.05, 0.1) is 5.03 Å². The van der Waals surface area contributed by atoms with E-state index in [1.54, 1.807) is 0 Å². The molecule has 0 aliphatic heterocycles. The molecule has 0 heterocycles. The monoisotopic (exact) mass is 130 g/mol. The summed E-state index contributed by atoms with van der Waals surface area (Å²) in [5.74, 6) is 5.01. The Labute approximate surface area is 53.8 Å². The van der Waals surface area contributed by atoms with Crippen LogP contribution >= 0.6 is 11.8 Å². The van der Waals surface area contributed by atoms with Gasteiger partial charge in [-0.3, -0.25) is 5.84 Å². The average molecular weight is 130 g/mol. The summed E-state index contributed by atoms with van der Waals surface area (Å²) in [5, 5.41) is 2.66. The largest absolute Gasteiger partial charge is 0.319 e. The Kier molecular flexibility index (Phi) is 4.50. The van der Waals surface area contributed by atoms with Crippen LogP contribution in [0.1, 0.15) is 6.92 Å².